The summed E-state index contributed by atoms with van der Waals surface area (Å²) in [6.07, 6.45) is 1.61. The molecule has 0 bridgehead atoms. The van der Waals surface area contributed by atoms with Crippen LogP contribution in [0.5, 0.6) is 0 Å². The average molecular weight is 408 g/mol. The lowest BCUT2D eigenvalue weighted by Gasteiger charge is -2.53. The highest BCUT2D eigenvalue weighted by atomic mass is 35.5. The van der Waals surface area contributed by atoms with Crippen molar-refractivity contribution in [3.63, 3.8) is 0 Å². The van der Waals surface area contributed by atoms with Crippen molar-refractivity contribution < 1.29 is 5.11 Å². The first kappa shape index (κ1) is 21.6. The smallest absolute Gasteiger partial charge is 0.0960 e. The molecule has 0 saturated carbocycles. The number of halogens is 1. The Bertz CT molecular complexity index is 886. The molecule has 4 atom stereocenters. The number of hydrogen-bond acceptors (Lipinski definition) is 2. The van der Waals surface area contributed by atoms with E-state index in [4.69, 9.17) is 0 Å². The van der Waals surface area contributed by atoms with Gasteiger partial charge in [0.25, 0.3) is 0 Å². The van der Waals surface area contributed by atoms with E-state index in [1.165, 1.54) is 11.1 Å². The van der Waals surface area contributed by atoms with Crippen LogP contribution in [0.1, 0.15) is 48.5 Å². The summed E-state index contributed by atoms with van der Waals surface area (Å²) in [5.74, 6) is 0.113. The van der Waals surface area contributed by atoms with Crippen LogP contribution in [0.2, 0.25) is 0 Å². The van der Waals surface area contributed by atoms with Crippen molar-refractivity contribution in [2.75, 3.05) is 7.05 Å². The van der Waals surface area contributed by atoms with Gasteiger partial charge in [-0.2, -0.15) is 0 Å². The fraction of sp³-hybridized carbons (Fsp3) is 0.308. The summed E-state index contributed by atoms with van der Waals surface area (Å²) in [5.41, 5.74) is 2.68. The largest absolute Gasteiger partial charge is 0.385 e. The van der Waals surface area contributed by atoms with E-state index in [9.17, 15) is 5.11 Å². The first-order valence-electron chi connectivity index (χ1n) is 10.2. The second-order valence-corrected chi connectivity index (χ2v) is 7.96. The monoisotopic (exact) mass is 407 g/mol. The molecule has 4 unspecified atom stereocenters. The van der Waals surface area contributed by atoms with Crippen LogP contribution >= 0.6 is 12.4 Å². The van der Waals surface area contributed by atoms with Gasteiger partial charge in [-0.25, -0.2) is 0 Å². The van der Waals surface area contributed by atoms with Crippen molar-refractivity contribution in [2.45, 2.75) is 37.5 Å². The topological polar surface area (TPSA) is 23.5 Å². The predicted octanol–water partition coefficient (Wildman–Crippen LogP) is 6.14. The normalized spacial score (nSPS) is 27.2. The molecule has 3 aromatic rings. The molecule has 0 aliphatic carbocycles. The summed E-state index contributed by atoms with van der Waals surface area (Å²) in [7, 11) is 2.21. The first-order chi connectivity index (χ1) is 13.6. The molecule has 3 aromatic carbocycles. The molecule has 29 heavy (non-hydrogen) atoms. The van der Waals surface area contributed by atoms with Gasteiger partial charge in [0.2, 0.25) is 0 Å². The Morgan fingerprint density at radius 3 is 1.83 bits per heavy atom. The standard InChI is InChI=1S/C26H29NO.ClH/c1-3-23-25(21-15-9-5-10-16-21)27(2)24(20-13-7-4-8-14-20)19-26(23,28)22-17-11-6-12-18-22;/h4-18,23-25,28H,3,19H2,1-2H3;1H. The van der Waals surface area contributed by atoms with Crippen molar-refractivity contribution >= 4 is 12.4 Å². The van der Waals surface area contributed by atoms with Crippen LogP contribution in [0.3, 0.4) is 0 Å². The second kappa shape index (κ2) is 9.13. The number of hydrogen-bond donors (Lipinski definition) is 1. The van der Waals surface area contributed by atoms with E-state index in [2.05, 4.69) is 91.7 Å². The van der Waals surface area contributed by atoms with E-state index >= 15 is 0 Å². The van der Waals surface area contributed by atoms with Crippen LogP contribution in [0.15, 0.2) is 91.0 Å². The number of aliphatic hydroxyl groups is 1. The van der Waals surface area contributed by atoms with Gasteiger partial charge in [-0.15, -0.1) is 12.4 Å². The van der Waals surface area contributed by atoms with Crippen LogP contribution in [-0.4, -0.2) is 17.1 Å². The maximum absolute atomic E-state index is 12.2. The van der Waals surface area contributed by atoms with Gasteiger partial charge in [0.05, 0.1) is 5.60 Å². The van der Waals surface area contributed by atoms with Crippen molar-refractivity contribution in [3.8, 4) is 0 Å². The van der Waals surface area contributed by atoms with Crippen molar-refractivity contribution in [2.24, 2.45) is 5.92 Å². The minimum atomic E-state index is -0.871. The average Bonchev–Trinajstić information content (AvgIpc) is 2.76. The highest BCUT2D eigenvalue weighted by Crippen LogP contribution is 2.54. The maximum Gasteiger partial charge on any atom is 0.0960 e. The molecule has 0 radical (unpaired) electrons. The molecule has 1 N–H and O–H groups in total. The lowest BCUT2D eigenvalue weighted by Crippen LogP contribution is -2.51. The summed E-state index contributed by atoms with van der Waals surface area (Å²) in [6, 6.07) is 31.8. The Morgan fingerprint density at radius 1 is 0.828 bits per heavy atom. The molecule has 0 amide bonds. The Balaban J connectivity index is 0.00000240. The van der Waals surface area contributed by atoms with E-state index < -0.39 is 5.60 Å². The van der Waals surface area contributed by atoms with Crippen molar-refractivity contribution in [3.05, 3.63) is 108 Å². The number of benzene rings is 3. The van der Waals surface area contributed by atoms with E-state index in [0.717, 1.165) is 12.0 Å². The van der Waals surface area contributed by atoms with E-state index in [1.54, 1.807) is 0 Å². The van der Waals surface area contributed by atoms with Gasteiger partial charge < -0.3 is 5.11 Å². The quantitative estimate of drug-likeness (QED) is 0.561. The van der Waals surface area contributed by atoms with Gasteiger partial charge >= 0.3 is 0 Å². The molecule has 3 heteroatoms. The third-order valence-corrected chi connectivity index (χ3v) is 6.47. The Morgan fingerprint density at radius 2 is 1.31 bits per heavy atom. The Kier molecular flexibility index (Phi) is 6.79. The molecule has 1 aliphatic rings. The summed E-state index contributed by atoms with van der Waals surface area (Å²) < 4.78 is 0. The molecule has 1 fully saturated rings. The molecule has 2 nitrogen and oxygen atoms in total. The van der Waals surface area contributed by atoms with Gasteiger partial charge in [0.1, 0.15) is 0 Å². The summed E-state index contributed by atoms with van der Waals surface area (Å²) in [4.78, 5) is 2.47. The van der Waals surface area contributed by atoms with Crippen molar-refractivity contribution in [1.29, 1.82) is 0 Å². The SMILES string of the molecule is CCC1C(c2ccccc2)N(C)C(c2ccccc2)CC1(O)c1ccccc1.Cl. The molecular formula is C26H30ClNO. The molecule has 1 heterocycles. The molecule has 4 rings (SSSR count). The van der Waals surface area contributed by atoms with E-state index in [-0.39, 0.29) is 30.4 Å². The minimum absolute atomic E-state index is 0. The highest BCUT2D eigenvalue weighted by molar-refractivity contribution is 5.85. The van der Waals surface area contributed by atoms with Gasteiger partial charge in [0.15, 0.2) is 0 Å². The Hall–Kier alpha value is -2.13. The summed E-state index contributed by atoms with van der Waals surface area (Å²) >= 11 is 0. The molecule has 152 valence electrons. The number of nitrogens with zero attached hydrogens (tertiary/aromatic N) is 1. The third-order valence-electron chi connectivity index (χ3n) is 6.47. The molecule has 0 aromatic heterocycles. The van der Waals surface area contributed by atoms with Crippen LogP contribution < -0.4 is 0 Å². The van der Waals surface area contributed by atoms with Gasteiger partial charge in [-0.3, -0.25) is 4.90 Å². The van der Waals surface area contributed by atoms with E-state index in [1.807, 2.05) is 18.2 Å². The molecule has 1 saturated heterocycles. The number of likely N-dealkylation sites (tertiary alicyclic amines) is 1. The zero-order chi connectivity index (χ0) is 19.6. The minimum Gasteiger partial charge on any atom is -0.385 e. The molecule has 1 aliphatic heterocycles. The van der Waals surface area contributed by atoms with E-state index in [0.29, 0.717) is 6.42 Å². The summed E-state index contributed by atoms with van der Waals surface area (Å²) in [5, 5.41) is 12.2. The Labute approximate surface area is 180 Å². The lowest BCUT2D eigenvalue weighted by molar-refractivity contribution is -0.128. The van der Waals surface area contributed by atoms with Crippen LogP contribution in [-0.2, 0) is 5.60 Å². The predicted molar refractivity (Wildman–Crippen MR) is 122 cm³/mol. The maximum atomic E-state index is 12.2. The lowest BCUT2D eigenvalue weighted by atomic mass is 9.66. The highest BCUT2D eigenvalue weighted by Gasteiger charge is 2.51. The van der Waals surface area contributed by atoms with Gasteiger partial charge in [-0.05, 0) is 30.2 Å². The number of piperidine rings is 1. The fourth-order valence-electron chi connectivity index (χ4n) is 5.09. The zero-order valence-corrected chi connectivity index (χ0v) is 17.9. The van der Waals surface area contributed by atoms with Gasteiger partial charge in [-0.1, -0.05) is 97.9 Å². The number of rotatable bonds is 4. The molecule has 0 spiro atoms. The molecular weight excluding hydrogens is 378 g/mol. The van der Waals surface area contributed by atoms with Crippen LogP contribution in [0.25, 0.3) is 0 Å². The van der Waals surface area contributed by atoms with Crippen LogP contribution in [0.4, 0.5) is 0 Å². The summed E-state index contributed by atoms with van der Waals surface area (Å²) in [6.45, 7) is 2.20. The second-order valence-electron chi connectivity index (χ2n) is 7.96. The zero-order valence-electron chi connectivity index (χ0n) is 17.1. The van der Waals surface area contributed by atoms with Gasteiger partial charge in [0, 0.05) is 24.4 Å². The van der Waals surface area contributed by atoms with Crippen molar-refractivity contribution in [1.82, 2.24) is 4.90 Å². The van der Waals surface area contributed by atoms with Crippen LogP contribution in [0, 0.1) is 5.92 Å². The first-order valence-corrected chi connectivity index (χ1v) is 10.2. The fourth-order valence-corrected chi connectivity index (χ4v) is 5.09. The third kappa shape index (κ3) is 3.98.